The standard InChI is InChI=1S/C19H18FN5O3/c1-22-28-27-19-10-16(20)17(25-7-2-3-8-25)11-18(19)26-24-15(12-21)9-14-5-4-6-23-13-14/h4-6,10-11,13H,1-3,7-9H2/b24-15-. The second kappa shape index (κ2) is 9.32. The van der Waals surface area contributed by atoms with Crippen LogP contribution in [0, 0.1) is 17.1 Å². The van der Waals surface area contributed by atoms with Crippen LogP contribution >= 0.6 is 0 Å². The van der Waals surface area contributed by atoms with Crippen molar-refractivity contribution in [1.82, 2.24) is 4.98 Å². The average molecular weight is 383 g/mol. The lowest BCUT2D eigenvalue weighted by Crippen LogP contribution is -2.19. The third-order valence-electron chi connectivity index (χ3n) is 4.12. The van der Waals surface area contributed by atoms with Gasteiger partial charge in [-0.1, -0.05) is 11.2 Å². The van der Waals surface area contributed by atoms with Crippen molar-refractivity contribution >= 4 is 18.1 Å². The molecule has 0 atom stereocenters. The van der Waals surface area contributed by atoms with E-state index in [0.29, 0.717) is 5.69 Å². The fraction of sp³-hybridized carbons (Fsp3) is 0.263. The molecule has 0 aliphatic carbocycles. The lowest BCUT2D eigenvalue weighted by molar-refractivity contribution is -0.207. The van der Waals surface area contributed by atoms with Crippen LogP contribution in [-0.2, 0) is 11.4 Å². The summed E-state index contributed by atoms with van der Waals surface area (Å²) in [5.41, 5.74) is 1.29. The molecule has 1 aromatic carbocycles. The number of hydrogen-bond acceptors (Lipinski definition) is 8. The number of oxime groups is 2. The Bertz CT molecular complexity index is 892. The number of aromatic nitrogens is 1. The van der Waals surface area contributed by atoms with Crippen LogP contribution in [-0.4, -0.2) is 30.5 Å². The summed E-state index contributed by atoms with van der Waals surface area (Å²) in [5, 5.41) is 16.3. The van der Waals surface area contributed by atoms with Crippen LogP contribution in [0.15, 0.2) is 47.0 Å². The molecule has 2 aromatic rings. The second-order valence-electron chi connectivity index (χ2n) is 6.01. The maximum atomic E-state index is 14.5. The normalized spacial score (nSPS) is 13.7. The Morgan fingerprint density at radius 3 is 2.82 bits per heavy atom. The van der Waals surface area contributed by atoms with Crippen LogP contribution in [0.2, 0.25) is 0 Å². The maximum absolute atomic E-state index is 14.5. The molecule has 0 spiro atoms. The average Bonchev–Trinajstić information content (AvgIpc) is 3.25. The molecule has 1 aromatic heterocycles. The zero-order valence-corrected chi connectivity index (χ0v) is 15.0. The number of benzene rings is 1. The monoisotopic (exact) mass is 383 g/mol. The molecule has 0 N–H and O–H groups in total. The summed E-state index contributed by atoms with van der Waals surface area (Å²) in [4.78, 5) is 20.6. The van der Waals surface area contributed by atoms with Gasteiger partial charge in [0.25, 0.3) is 0 Å². The minimum atomic E-state index is -0.489. The third-order valence-corrected chi connectivity index (χ3v) is 4.12. The number of halogens is 1. The van der Waals surface area contributed by atoms with Gasteiger partial charge in [0.15, 0.2) is 11.5 Å². The largest absolute Gasteiger partial charge is 0.369 e. The minimum Gasteiger partial charge on any atom is -0.369 e. The molecule has 144 valence electrons. The molecule has 0 saturated carbocycles. The smallest absolute Gasteiger partial charge is 0.229 e. The van der Waals surface area contributed by atoms with Crippen molar-refractivity contribution in [3.63, 3.8) is 0 Å². The molecule has 8 nitrogen and oxygen atoms in total. The summed E-state index contributed by atoms with van der Waals surface area (Å²) in [7, 11) is 0. The van der Waals surface area contributed by atoms with Crippen LogP contribution in [0.4, 0.5) is 10.1 Å². The van der Waals surface area contributed by atoms with Gasteiger partial charge in [-0.2, -0.15) is 10.3 Å². The van der Waals surface area contributed by atoms with E-state index < -0.39 is 5.82 Å². The SMILES string of the molecule is C=NOOc1cc(F)c(N2CCCC2)cc1O/N=C(\C#N)Cc1cccnc1. The molecule has 0 radical (unpaired) electrons. The Kier molecular flexibility index (Phi) is 6.36. The lowest BCUT2D eigenvalue weighted by atomic mass is 10.1. The molecule has 1 saturated heterocycles. The number of nitriles is 1. The van der Waals surface area contributed by atoms with E-state index in [1.165, 1.54) is 6.07 Å². The molecular weight excluding hydrogens is 365 g/mol. The van der Waals surface area contributed by atoms with Crippen molar-refractivity contribution in [2.45, 2.75) is 19.3 Å². The van der Waals surface area contributed by atoms with Gasteiger partial charge >= 0.3 is 0 Å². The highest BCUT2D eigenvalue weighted by atomic mass is 19.1. The number of anilines is 1. The lowest BCUT2D eigenvalue weighted by Gasteiger charge is -2.19. The van der Waals surface area contributed by atoms with Crippen molar-refractivity contribution in [2.24, 2.45) is 10.3 Å². The third kappa shape index (κ3) is 4.73. The van der Waals surface area contributed by atoms with Crippen LogP contribution in [0.25, 0.3) is 0 Å². The summed E-state index contributed by atoms with van der Waals surface area (Å²) < 4.78 is 14.5. The first-order chi connectivity index (χ1) is 13.7. The highest BCUT2D eigenvalue weighted by Gasteiger charge is 2.21. The topological polar surface area (TPSA) is 92.3 Å². The van der Waals surface area contributed by atoms with Crippen molar-refractivity contribution in [3.05, 3.63) is 48.0 Å². The van der Waals surface area contributed by atoms with Gasteiger partial charge < -0.3 is 9.74 Å². The minimum absolute atomic E-state index is 0.0738. The number of hydrogen-bond donors (Lipinski definition) is 0. The zero-order valence-electron chi connectivity index (χ0n) is 15.0. The molecule has 1 aliphatic heterocycles. The molecule has 2 heterocycles. The molecule has 0 unspecified atom stereocenters. The Labute approximate surface area is 161 Å². The molecule has 0 bridgehead atoms. The van der Waals surface area contributed by atoms with Crippen molar-refractivity contribution in [2.75, 3.05) is 18.0 Å². The van der Waals surface area contributed by atoms with Gasteiger partial charge in [0.05, 0.1) is 5.69 Å². The Hall–Kier alpha value is -3.67. The molecule has 28 heavy (non-hydrogen) atoms. The zero-order chi connectivity index (χ0) is 19.8. The van der Waals surface area contributed by atoms with Gasteiger partial charge in [-0.3, -0.25) is 9.87 Å². The second-order valence-corrected chi connectivity index (χ2v) is 6.01. The number of rotatable bonds is 8. The molecule has 9 heteroatoms. The van der Waals surface area contributed by atoms with Gasteiger partial charge in [0.2, 0.25) is 11.5 Å². The summed E-state index contributed by atoms with van der Waals surface area (Å²) in [6, 6.07) is 8.15. The van der Waals surface area contributed by atoms with Crippen LogP contribution < -0.4 is 14.6 Å². The van der Waals surface area contributed by atoms with Crippen LogP contribution in [0.3, 0.4) is 0 Å². The first-order valence-corrected chi connectivity index (χ1v) is 8.62. The first-order valence-electron chi connectivity index (χ1n) is 8.62. The summed E-state index contributed by atoms with van der Waals surface area (Å²) >= 11 is 0. The van der Waals surface area contributed by atoms with Crippen LogP contribution in [0.5, 0.6) is 11.5 Å². The van der Waals surface area contributed by atoms with E-state index in [1.807, 2.05) is 17.0 Å². The van der Waals surface area contributed by atoms with Crippen molar-refractivity contribution in [1.29, 1.82) is 5.26 Å². The fourth-order valence-electron chi connectivity index (χ4n) is 2.82. The fourth-order valence-corrected chi connectivity index (χ4v) is 2.82. The Morgan fingerprint density at radius 1 is 1.32 bits per heavy atom. The van der Waals surface area contributed by atoms with Gasteiger partial charge in [-0.15, -0.1) is 0 Å². The number of nitrogens with zero attached hydrogens (tertiary/aromatic N) is 5. The highest BCUT2D eigenvalue weighted by molar-refractivity contribution is 5.99. The molecule has 1 fully saturated rings. The summed E-state index contributed by atoms with van der Waals surface area (Å²) in [6.45, 7) is 4.62. The molecular formula is C19H18FN5O3. The van der Waals surface area contributed by atoms with E-state index in [0.717, 1.165) is 37.6 Å². The molecule has 3 rings (SSSR count). The van der Waals surface area contributed by atoms with Crippen molar-refractivity contribution < 1.29 is 19.1 Å². The van der Waals surface area contributed by atoms with E-state index in [2.05, 4.69) is 27.0 Å². The van der Waals surface area contributed by atoms with Gasteiger partial charge in [-0.05, 0) is 29.6 Å². The molecule has 0 amide bonds. The van der Waals surface area contributed by atoms with E-state index in [-0.39, 0.29) is 23.6 Å². The maximum Gasteiger partial charge on any atom is 0.229 e. The summed E-state index contributed by atoms with van der Waals surface area (Å²) in [6.07, 6.45) is 5.48. The van der Waals surface area contributed by atoms with Gasteiger partial charge in [0.1, 0.15) is 6.07 Å². The predicted molar refractivity (Wildman–Crippen MR) is 101 cm³/mol. The predicted octanol–water partition coefficient (Wildman–Crippen LogP) is 3.25. The highest BCUT2D eigenvalue weighted by Crippen LogP contribution is 2.36. The summed E-state index contributed by atoms with van der Waals surface area (Å²) in [5.74, 6) is -0.474. The van der Waals surface area contributed by atoms with E-state index in [4.69, 9.17) is 9.73 Å². The van der Waals surface area contributed by atoms with Crippen molar-refractivity contribution in [3.8, 4) is 17.6 Å². The van der Waals surface area contributed by atoms with Gasteiger partial charge in [0, 0.05) is 50.8 Å². The Balaban J connectivity index is 1.85. The number of pyridine rings is 1. The van der Waals surface area contributed by atoms with Gasteiger partial charge in [-0.25, -0.2) is 4.39 Å². The molecule has 1 aliphatic rings. The first kappa shape index (κ1) is 19.1. The van der Waals surface area contributed by atoms with Crippen LogP contribution in [0.1, 0.15) is 18.4 Å². The quantitative estimate of drug-likeness (QED) is 0.395. The Morgan fingerprint density at radius 2 is 2.14 bits per heavy atom. The van der Waals surface area contributed by atoms with E-state index >= 15 is 0 Å². The van der Waals surface area contributed by atoms with E-state index in [1.54, 1.807) is 18.5 Å². The van der Waals surface area contributed by atoms with E-state index in [9.17, 15) is 9.65 Å².